The van der Waals surface area contributed by atoms with Crippen LogP contribution in [0.1, 0.15) is 48.2 Å². The number of nitrogens with two attached hydrogens (primary N) is 1. The lowest BCUT2D eigenvalue weighted by atomic mass is 9.83. The second kappa shape index (κ2) is 15.1. The smallest absolute Gasteiger partial charge is 0.333 e. The predicted octanol–water partition coefficient (Wildman–Crippen LogP) is 6.92. The first kappa shape index (κ1) is 34.3. The average Bonchev–Trinajstić information content (AvgIpc) is 3.46. The molecule has 0 aliphatic rings. The second-order valence-electron chi connectivity index (χ2n) is 11.1. The molecule has 4 aromatic rings. The van der Waals surface area contributed by atoms with E-state index in [0.717, 1.165) is 11.6 Å². The van der Waals surface area contributed by atoms with Crippen molar-refractivity contribution >= 4 is 28.8 Å². The van der Waals surface area contributed by atoms with Gasteiger partial charge in [0.05, 0.1) is 35.6 Å². The van der Waals surface area contributed by atoms with Crippen molar-refractivity contribution in [3.8, 4) is 6.07 Å². The molecule has 0 saturated carbocycles. The molecule has 1 aromatic heterocycles. The quantitative estimate of drug-likeness (QED) is 0.0976. The average molecular weight is 651 g/mol. The maximum Gasteiger partial charge on any atom is 0.416 e. The van der Waals surface area contributed by atoms with Gasteiger partial charge in [0.1, 0.15) is 11.6 Å². The van der Waals surface area contributed by atoms with Crippen molar-refractivity contribution in [2.75, 3.05) is 5.32 Å². The van der Waals surface area contributed by atoms with Crippen molar-refractivity contribution in [3.63, 3.8) is 0 Å². The number of imidazole rings is 1. The summed E-state index contributed by atoms with van der Waals surface area (Å²) in [4.78, 5) is 19.7. The Morgan fingerprint density at radius 3 is 2.41 bits per heavy atom. The minimum absolute atomic E-state index is 0.0111. The lowest BCUT2D eigenvalue weighted by Crippen LogP contribution is -2.55. The maximum atomic E-state index is 14.1. The van der Waals surface area contributed by atoms with E-state index in [1.807, 2.05) is 30.5 Å². The van der Waals surface area contributed by atoms with E-state index in [1.54, 1.807) is 24.7 Å². The standard InChI is InChI=1S/C34H34F4N6OS/c1-3-22(2)31(30(45)16-28-18-41-21-43(28)19-24-10-8-23(17-39)9-11-24)32(40)44(33(46)42-27-14-12-26(35)13-15-27)20-25-6-4-5-7-29(25)34(36,37)38/h4-15,18,21-22,31-32H,3,16,19-20,40H2,1-2H3,(H,42,46)/t22-,31+,32?/m0/s1. The third-order valence-corrected chi connectivity index (χ3v) is 8.30. The van der Waals surface area contributed by atoms with Gasteiger partial charge in [-0.05, 0) is 71.7 Å². The summed E-state index contributed by atoms with van der Waals surface area (Å²) in [5.74, 6) is -1.77. The lowest BCUT2D eigenvalue weighted by molar-refractivity contribution is -0.138. The fourth-order valence-electron chi connectivity index (χ4n) is 5.27. The van der Waals surface area contributed by atoms with Crippen LogP contribution in [0.15, 0.2) is 85.3 Å². The molecule has 0 radical (unpaired) electrons. The summed E-state index contributed by atoms with van der Waals surface area (Å²) in [5, 5.41) is 12.0. The first-order valence-corrected chi connectivity index (χ1v) is 15.1. The molecule has 4 rings (SSSR count). The molecule has 0 saturated heterocycles. The molecule has 1 heterocycles. The fourth-order valence-corrected chi connectivity index (χ4v) is 5.57. The number of alkyl halides is 3. The van der Waals surface area contributed by atoms with E-state index in [-0.39, 0.29) is 35.3 Å². The van der Waals surface area contributed by atoms with Crippen LogP contribution < -0.4 is 11.1 Å². The van der Waals surface area contributed by atoms with Gasteiger partial charge in [0.15, 0.2) is 5.11 Å². The summed E-state index contributed by atoms with van der Waals surface area (Å²) in [6, 6.07) is 19.6. The molecule has 46 heavy (non-hydrogen) atoms. The van der Waals surface area contributed by atoms with Crippen LogP contribution in [-0.4, -0.2) is 31.5 Å². The SMILES string of the molecule is CC[C@H](C)[C@H](C(=O)Cc1cncn1Cc1ccc(C#N)cc1)C(N)N(Cc1ccccc1C(F)(F)F)C(=S)Nc1ccc(F)cc1. The number of aromatic nitrogens is 2. The van der Waals surface area contributed by atoms with E-state index in [9.17, 15) is 22.4 Å². The molecule has 3 atom stereocenters. The minimum Gasteiger partial charge on any atom is -0.333 e. The Balaban J connectivity index is 1.65. The predicted molar refractivity (Wildman–Crippen MR) is 172 cm³/mol. The van der Waals surface area contributed by atoms with Crippen LogP contribution in [-0.2, 0) is 30.5 Å². The number of anilines is 1. The number of nitriles is 1. The summed E-state index contributed by atoms with van der Waals surface area (Å²) in [7, 11) is 0. The number of hydrogen-bond acceptors (Lipinski definition) is 5. The number of halogens is 4. The highest BCUT2D eigenvalue weighted by Gasteiger charge is 2.38. The van der Waals surface area contributed by atoms with Crippen LogP contribution >= 0.6 is 12.2 Å². The molecule has 7 nitrogen and oxygen atoms in total. The van der Waals surface area contributed by atoms with Crippen molar-refractivity contribution in [3.05, 3.63) is 119 Å². The number of thiocarbonyl (C=S) groups is 1. The van der Waals surface area contributed by atoms with Crippen LogP contribution in [0.2, 0.25) is 0 Å². The zero-order valence-electron chi connectivity index (χ0n) is 25.3. The Bertz CT molecular complexity index is 1680. The molecular weight excluding hydrogens is 616 g/mol. The Kier molecular flexibility index (Phi) is 11.3. The molecule has 240 valence electrons. The van der Waals surface area contributed by atoms with Gasteiger partial charge in [-0.15, -0.1) is 0 Å². The second-order valence-corrected chi connectivity index (χ2v) is 11.5. The molecule has 0 amide bonds. The normalized spacial score (nSPS) is 13.3. The van der Waals surface area contributed by atoms with Gasteiger partial charge in [-0.1, -0.05) is 50.6 Å². The number of hydrogen-bond donors (Lipinski definition) is 2. The van der Waals surface area contributed by atoms with E-state index < -0.39 is 29.6 Å². The number of nitrogens with one attached hydrogen (secondary N) is 1. The van der Waals surface area contributed by atoms with Crippen molar-refractivity contribution < 1.29 is 22.4 Å². The topological polar surface area (TPSA) is 100.0 Å². The Morgan fingerprint density at radius 1 is 1.11 bits per heavy atom. The summed E-state index contributed by atoms with van der Waals surface area (Å²) in [6.07, 6.45) is -1.99. The van der Waals surface area contributed by atoms with E-state index >= 15 is 0 Å². The zero-order chi connectivity index (χ0) is 33.4. The molecular formula is C34H34F4N6OS. The van der Waals surface area contributed by atoms with E-state index in [0.29, 0.717) is 29.9 Å². The first-order valence-electron chi connectivity index (χ1n) is 14.7. The van der Waals surface area contributed by atoms with Gasteiger partial charge in [-0.2, -0.15) is 18.4 Å². The molecule has 12 heteroatoms. The maximum absolute atomic E-state index is 14.1. The van der Waals surface area contributed by atoms with E-state index in [1.165, 1.54) is 47.4 Å². The fraction of sp³-hybridized carbons (Fsp3) is 0.294. The van der Waals surface area contributed by atoms with Crippen molar-refractivity contribution in [1.29, 1.82) is 5.26 Å². The number of Topliss-reactive ketones (excluding diaryl/α,β-unsaturated/α-hetero) is 1. The highest BCUT2D eigenvalue weighted by atomic mass is 32.1. The zero-order valence-corrected chi connectivity index (χ0v) is 26.2. The third kappa shape index (κ3) is 8.56. The largest absolute Gasteiger partial charge is 0.416 e. The molecule has 0 fully saturated rings. The van der Waals surface area contributed by atoms with Crippen LogP contribution in [0.4, 0.5) is 23.2 Å². The van der Waals surface area contributed by atoms with Crippen molar-refractivity contribution in [1.82, 2.24) is 14.5 Å². The molecule has 1 unspecified atom stereocenters. The summed E-state index contributed by atoms with van der Waals surface area (Å²) < 4.78 is 57.4. The van der Waals surface area contributed by atoms with Crippen LogP contribution in [0, 0.1) is 29.0 Å². The molecule has 0 aliphatic carbocycles. The van der Waals surface area contributed by atoms with Crippen molar-refractivity contribution in [2.24, 2.45) is 17.6 Å². The molecule has 3 N–H and O–H groups in total. The Hall–Kier alpha value is -4.60. The highest BCUT2D eigenvalue weighted by Crippen LogP contribution is 2.33. The van der Waals surface area contributed by atoms with Crippen LogP contribution in [0.5, 0.6) is 0 Å². The van der Waals surface area contributed by atoms with E-state index in [2.05, 4.69) is 16.4 Å². The number of carbonyl (C=O) groups is 1. The highest BCUT2D eigenvalue weighted by molar-refractivity contribution is 7.80. The number of ketones is 1. The number of carbonyl (C=O) groups excluding carboxylic acids is 1. The lowest BCUT2D eigenvalue weighted by Gasteiger charge is -2.38. The van der Waals surface area contributed by atoms with Gasteiger partial charge < -0.3 is 20.5 Å². The minimum atomic E-state index is -4.63. The van der Waals surface area contributed by atoms with Crippen molar-refractivity contribution in [2.45, 2.75) is 52.1 Å². The number of nitrogens with zero attached hydrogens (tertiary/aromatic N) is 4. The summed E-state index contributed by atoms with van der Waals surface area (Å²) >= 11 is 5.67. The molecule has 3 aromatic carbocycles. The van der Waals surface area contributed by atoms with Gasteiger partial charge in [0, 0.05) is 37.1 Å². The molecule has 0 spiro atoms. The first-order chi connectivity index (χ1) is 21.9. The van der Waals surface area contributed by atoms with Gasteiger partial charge in [-0.3, -0.25) is 4.79 Å². The molecule has 0 bridgehead atoms. The Morgan fingerprint density at radius 2 is 1.78 bits per heavy atom. The number of benzene rings is 3. The Labute approximate surface area is 270 Å². The van der Waals surface area contributed by atoms with Crippen LogP contribution in [0.3, 0.4) is 0 Å². The molecule has 0 aliphatic heterocycles. The van der Waals surface area contributed by atoms with Gasteiger partial charge in [0.25, 0.3) is 0 Å². The summed E-state index contributed by atoms with van der Waals surface area (Å²) in [5.41, 5.74) is 8.41. The van der Waals surface area contributed by atoms with Gasteiger partial charge >= 0.3 is 6.18 Å². The monoisotopic (exact) mass is 650 g/mol. The third-order valence-electron chi connectivity index (χ3n) is 7.97. The van der Waals surface area contributed by atoms with Gasteiger partial charge in [-0.25, -0.2) is 9.37 Å². The number of rotatable bonds is 12. The summed E-state index contributed by atoms with van der Waals surface area (Å²) in [6.45, 7) is 3.86. The van der Waals surface area contributed by atoms with Gasteiger partial charge in [0.2, 0.25) is 0 Å². The van der Waals surface area contributed by atoms with E-state index in [4.69, 9.17) is 23.2 Å². The van der Waals surface area contributed by atoms with Crippen LogP contribution in [0.25, 0.3) is 0 Å².